The number of aromatic nitrogens is 2. The summed E-state index contributed by atoms with van der Waals surface area (Å²) in [5.41, 5.74) is 2.26. The van der Waals surface area contributed by atoms with E-state index in [0.717, 1.165) is 56.2 Å². The van der Waals surface area contributed by atoms with Crippen LogP contribution in [0.4, 0.5) is 5.82 Å². The molecule has 0 unspecified atom stereocenters. The Morgan fingerprint density at radius 2 is 2.15 bits per heavy atom. The second kappa shape index (κ2) is 9.43. The van der Waals surface area contributed by atoms with Gasteiger partial charge in [-0.1, -0.05) is 0 Å². The first kappa shape index (κ1) is 20.0. The molecule has 0 saturated carbocycles. The summed E-state index contributed by atoms with van der Waals surface area (Å²) in [5.74, 6) is 2.34. The lowest BCUT2D eigenvalue weighted by atomic mass is 9.96. The maximum Gasteiger partial charge on any atom is 0.234 e. The molecular formula is C19H32N6O2. The highest BCUT2D eigenvalue weighted by molar-refractivity contribution is 5.78. The number of hydrogen-bond donors (Lipinski definition) is 3. The lowest BCUT2D eigenvalue weighted by Crippen LogP contribution is -2.44. The van der Waals surface area contributed by atoms with Gasteiger partial charge in [-0.3, -0.25) is 9.69 Å². The standard InChI is InChI=1S/C19H32N6O2/c1-13(12-27-3)22-17(26)11-25-9-6-15-16(10-25)23-18(24-19(15)20-2)14-4-7-21-8-5-14/h13-14,21H,4-12H2,1-3H3,(H,22,26)(H,20,23,24)/t13-/m1/s1. The molecule has 1 fully saturated rings. The molecule has 1 aromatic rings. The van der Waals surface area contributed by atoms with Crippen molar-refractivity contribution in [2.75, 3.05) is 52.3 Å². The average molecular weight is 377 g/mol. The summed E-state index contributed by atoms with van der Waals surface area (Å²) >= 11 is 0. The first-order valence-corrected chi connectivity index (χ1v) is 9.89. The van der Waals surface area contributed by atoms with Crippen LogP contribution in [0.15, 0.2) is 0 Å². The first-order valence-electron chi connectivity index (χ1n) is 9.89. The molecule has 1 amide bonds. The summed E-state index contributed by atoms with van der Waals surface area (Å²) in [4.78, 5) is 24.2. The van der Waals surface area contributed by atoms with Gasteiger partial charge in [0.25, 0.3) is 0 Å². The third-order valence-corrected chi connectivity index (χ3v) is 5.29. The molecule has 0 radical (unpaired) electrons. The molecule has 0 aliphatic carbocycles. The Morgan fingerprint density at radius 1 is 1.37 bits per heavy atom. The van der Waals surface area contributed by atoms with Gasteiger partial charge in [-0.05, 0) is 39.3 Å². The van der Waals surface area contributed by atoms with Crippen molar-refractivity contribution in [3.63, 3.8) is 0 Å². The van der Waals surface area contributed by atoms with E-state index in [1.807, 2.05) is 14.0 Å². The zero-order valence-corrected chi connectivity index (χ0v) is 16.7. The number of nitrogens with one attached hydrogen (secondary N) is 3. The van der Waals surface area contributed by atoms with E-state index in [0.29, 0.717) is 25.6 Å². The molecular weight excluding hydrogens is 344 g/mol. The van der Waals surface area contributed by atoms with Gasteiger partial charge in [-0.15, -0.1) is 0 Å². The fraction of sp³-hybridized carbons (Fsp3) is 0.737. The lowest BCUT2D eigenvalue weighted by Gasteiger charge is -2.30. The molecule has 8 heteroatoms. The van der Waals surface area contributed by atoms with Crippen LogP contribution in [0.25, 0.3) is 0 Å². The van der Waals surface area contributed by atoms with Crippen molar-refractivity contribution in [1.29, 1.82) is 0 Å². The Bertz CT molecular complexity index is 647. The van der Waals surface area contributed by atoms with Gasteiger partial charge >= 0.3 is 0 Å². The van der Waals surface area contributed by atoms with Crippen molar-refractivity contribution in [2.45, 2.75) is 44.7 Å². The van der Waals surface area contributed by atoms with Crippen LogP contribution in [0.2, 0.25) is 0 Å². The third-order valence-electron chi connectivity index (χ3n) is 5.29. The maximum absolute atomic E-state index is 12.3. The van der Waals surface area contributed by atoms with Crippen molar-refractivity contribution >= 4 is 11.7 Å². The SMILES string of the molecule is CNc1nc(C2CCNCC2)nc2c1CCN(CC(=O)N[C@H](C)COC)C2. The van der Waals surface area contributed by atoms with Crippen LogP contribution < -0.4 is 16.0 Å². The molecule has 27 heavy (non-hydrogen) atoms. The molecule has 2 aliphatic rings. The zero-order chi connectivity index (χ0) is 19.2. The molecule has 1 aromatic heterocycles. The summed E-state index contributed by atoms with van der Waals surface area (Å²) in [6.45, 7) is 6.42. The van der Waals surface area contributed by atoms with Crippen molar-refractivity contribution in [1.82, 2.24) is 25.5 Å². The number of rotatable bonds is 7. The molecule has 3 rings (SSSR count). The summed E-state index contributed by atoms with van der Waals surface area (Å²) < 4.78 is 5.08. The third kappa shape index (κ3) is 5.15. The molecule has 0 bridgehead atoms. The van der Waals surface area contributed by atoms with Gasteiger partial charge in [-0.2, -0.15) is 0 Å². The number of anilines is 1. The molecule has 3 heterocycles. The predicted octanol–water partition coefficient (Wildman–Crippen LogP) is 0.495. The van der Waals surface area contributed by atoms with E-state index in [4.69, 9.17) is 14.7 Å². The Kier molecular flexibility index (Phi) is 6.98. The molecule has 1 saturated heterocycles. The molecule has 1 atom stereocenters. The second-order valence-corrected chi connectivity index (χ2v) is 7.51. The number of nitrogens with zero attached hydrogens (tertiary/aromatic N) is 3. The number of amides is 1. The minimum absolute atomic E-state index is 0.0179. The van der Waals surface area contributed by atoms with E-state index < -0.39 is 0 Å². The van der Waals surface area contributed by atoms with Crippen LogP contribution in [-0.4, -0.2) is 73.8 Å². The van der Waals surface area contributed by atoms with Crippen molar-refractivity contribution < 1.29 is 9.53 Å². The number of carbonyl (C=O) groups excluding carboxylic acids is 1. The monoisotopic (exact) mass is 376 g/mol. The van der Waals surface area contributed by atoms with E-state index in [2.05, 4.69) is 20.9 Å². The smallest absolute Gasteiger partial charge is 0.234 e. The van der Waals surface area contributed by atoms with Crippen molar-refractivity contribution in [3.8, 4) is 0 Å². The van der Waals surface area contributed by atoms with E-state index in [-0.39, 0.29) is 11.9 Å². The molecule has 0 spiro atoms. The Morgan fingerprint density at radius 3 is 2.85 bits per heavy atom. The van der Waals surface area contributed by atoms with Crippen LogP contribution in [-0.2, 0) is 22.5 Å². The number of carbonyl (C=O) groups is 1. The predicted molar refractivity (Wildman–Crippen MR) is 105 cm³/mol. The van der Waals surface area contributed by atoms with E-state index in [1.54, 1.807) is 7.11 Å². The van der Waals surface area contributed by atoms with Crippen LogP contribution in [0.3, 0.4) is 0 Å². The van der Waals surface area contributed by atoms with E-state index >= 15 is 0 Å². The molecule has 0 aromatic carbocycles. The molecule has 150 valence electrons. The highest BCUT2D eigenvalue weighted by Crippen LogP contribution is 2.28. The van der Waals surface area contributed by atoms with Gasteiger partial charge in [0.05, 0.1) is 18.8 Å². The minimum Gasteiger partial charge on any atom is -0.383 e. The highest BCUT2D eigenvalue weighted by atomic mass is 16.5. The molecule has 8 nitrogen and oxygen atoms in total. The minimum atomic E-state index is 0.0179. The largest absolute Gasteiger partial charge is 0.383 e. The fourth-order valence-corrected chi connectivity index (χ4v) is 3.92. The number of ether oxygens (including phenoxy) is 1. The van der Waals surface area contributed by atoms with Gasteiger partial charge in [0.15, 0.2) is 0 Å². The number of fused-ring (bicyclic) bond motifs is 1. The fourth-order valence-electron chi connectivity index (χ4n) is 3.92. The van der Waals surface area contributed by atoms with Crippen LogP contribution in [0.1, 0.15) is 42.8 Å². The van der Waals surface area contributed by atoms with E-state index in [9.17, 15) is 4.79 Å². The number of piperidine rings is 1. The zero-order valence-electron chi connectivity index (χ0n) is 16.7. The quantitative estimate of drug-likeness (QED) is 0.638. The summed E-state index contributed by atoms with van der Waals surface area (Å²) in [6.07, 6.45) is 3.01. The van der Waals surface area contributed by atoms with Crippen molar-refractivity contribution in [3.05, 3.63) is 17.1 Å². The summed E-state index contributed by atoms with van der Waals surface area (Å²) in [6, 6.07) is 0.0179. The number of hydrogen-bond acceptors (Lipinski definition) is 7. The molecule has 3 N–H and O–H groups in total. The van der Waals surface area contributed by atoms with Gasteiger partial charge < -0.3 is 20.7 Å². The Hall–Kier alpha value is -1.77. The molecule has 2 aliphatic heterocycles. The number of methoxy groups -OCH3 is 1. The summed E-state index contributed by atoms with van der Waals surface area (Å²) in [7, 11) is 3.56. The average Bonchev–Trinajstić information content (AvgIpc) is 2.67. The van der Waals surface area contributed by atoms with Gasteiger partial charge in [0, 0.05) is 44.8 Å². The van der Waals surface area contributed by atoms with Crippen LogP contribution in [0.5, 0.6) is 0 Å². The van der Waals surface area contributed by atoms with E-state index in [1.165, 1.54) is 5.56 Å². The van der Waals surface area contributed by atoms with Gasteiger partial charge in [0.1, 0.15) is 11.6 Å². The van der Waals surface area contributed by atoms with Crippen LogP contribution >= 0.6 is 0 Å². The lowest BCUT2D eigenvalue weighted by molar-refractivity contribution is -0.123. The Labute approximate surface area is 161 Å². The maximum atomic E-state index is 12.3. The van der Waals surface area contributed by atoms with Gasteiger partial charge in [0.2, 0.25) is 5.91 Å². The van der Waals surface area contributed by atoms with Crippen molar-refractivity contribution in [2.24, 2.45) is 0 Å². The first-order chi connectivity index (χ1) is 13.1. The topological polar surface area (TPSA) is 91.4 Å². The highest BCUT2D eigenvalue weighted by Gasteiger charge is 2.26. The van der Waals surface area contributed by atoms with Crippen LogP contribution in [0, 0.1) is 0 Å². The summed E-state index contributed by atoms with van der Waals surface area (Å²) in [5, 5.41) is 9.63. The second-order valence-electron chi connectivity index (χ2n) is 7.51. The van der Waals surface area contributed by atoms with Gasteiger partial charge in [-0.25, -0.2) is 9.97 Å². The Balaban J connectivity index is 1.69. The normalized spacial score (nSPS) is 19.4.